The third-order valence-electron chi connectivity index (χ3n) is 3.25. The van der Waals surface area contributed by atoms with Crippen LogP contribution in [0.5, 0.6) is 0 Å². The van der Waals surface area contributed by atoms with Crippen molar-refractivity contribution in [2.45, 2.75) is 17.7 Å². The second kappa shape index (κ2) is 5.84. The Hall–Kier alpha value is -0.680. The van der Waals surface area contributed by atoms with Gasteiger partial charge in [0.2, 0.25) is 0 Å². The summed E-state index contributed by atoms with van der Waals surface area (Å²) < 4.78 is 3.79. The lowest BCUT2D eigenvalue weighted by Crippen LogP contribution is -2.26. The van der Waals surface area contributed by atoms with Crippen LogP contribution in [-0.4, -0.2) is 22.8 Å². The van der Waals surface area contributed by atoms with Crippen molar-refractivity contribution in [1.82, 2.24) is 0 Å². The lowest BCUT2D eigenvalue weighted by atomic mass is 10.1. The molecule has 1 atom stereocenters. The van der Waals surface area contributed by atoms with Crippen molar-refractivity contribution >= 4 is 64.0 Å². The number of hydrogen-bond donors (Lipinski definition) is 1. The quantitative estimate of drug-likeness (QED) is 0.642. The number of esters is 1. The normalized spacial score (nSPS) is 22.5. The van der Waals surface area contributed by atoms with Crippen molar-refractivity contribution in [1.29, 1.82) is 0 Å². The molecule has 4 nitrogen and oxygen atoms in total. The minimum atomic E-state index is -1.12. The molecule has 8 heteroatoms. The van der Waals surface area contributed by atoms with E-state index in [0.717, 1.165) is 0 Å². The third kappa shape index (κ3) is 3.57. The minimum absolute atomic E-state index is 0.289. The van der Waals surface area contributed by atoms with Crippen molar-refractivity contribution in [3.63, 3.8) is 0 Å². The topological polar surface area (TPSA) is 55.4 Å². The van der Waals surface area contributed by atoms with Crippen LogP contribution in [0, 0.1) is 5.41 Å². The van der Waals surface area contributed by atoms with Gasteiger partial charge in [0.15, 0.2) is 6.61 Å². The van der Waals surface area contributed by atoms with E-state index in [1.165, 1.54) is 6.07 Å². The summed E-state index contributed by atoms with van der Waals surface area (Å²) in [7, 11) is 0. The van der Waals surface area contributed by atoms with Gasteiger partial charge in [0, 0.05) is 11.4 Å². The van der Waals surface area contributed by atoms with E-state index in [-0.39, 0.29) is 5.02 Å². The van der Waals surface area contributed by atoms with Gasteiger partial charge in [-0.1, -0.05) is 23.2 Å². The molecule has 1 N–H and O–H groups in total. The predicted molar refractivity (Wildman–Crippen MR) is 83.2 cm³/mol. The zero-order valence-corrected chi connectivity index (χ0v) is 13.9. The fourth-order valence-corrected chi connectivity index (χ4v) is 2.83. The first-order chi connectivity index (χ1) is 9.65. The Balaban J connectivity index is 1.87. The van der Waals surface area contributed by atoms with E-state index in [2.05, 4.69) is 5.32 Å². The van der Waals surface area contributed by atoms with Gasteiger partial charge < -0.3 is 10.1 Å². The summed E-state index contributed by atoms with van der Waals surface area (Å²) in [4.78, 5) is 23.5. The maximum Gasteiger partial charge on any atom is 0.315 e. The van der Waals surface area contributed by atoms with Crippen molar-refractivity contribution in [3.8, 4) is 0 Å². The highest BCUT2D eigenvalue weighted by molar-refractivity contribution is 6.53. The highest BCUT2D eigenvalue weighted by Gasteiger charge is 2.69. The molecular weight excluding hydrogens is 360 g/mol. The highest BCUT2D eigenvalue weighted by Crippen LogP contribution is 2.64. The Morgan fingerprint density at radius 1 is 1.33 bits per heavy atom. The zero-order chi connectivity index (χ0) is 15.8. The van der Waals surface area contributed by atoms with E-state index in [1.54, 1.807) is 19.1 Å². The van der Waals surface area contributed by atoms with E-state index < -0.39 is 28.2 Å². The van der Waals surface area contributed by atoms with Crippen LogP contribution in [0.3, 0.4) is 0 Å². The van der Waals surface area contributed by atoms with Crippen molar-refractivity contribution in [2.75, 3.05) is 11.9 Å². The third-order valence-corrected chi connectivity index (χ3v) is 4.90. The molecule has 2 rings (SSSR count). The summed E-state index contributed by atoms with van der Waals surface area (Å²) >= 11 is 23.4. The molecular formula is C13H11Cl4NO3. The van der Waals surface area contributed by atoms with Crippen LogP contribution in [0.25, 0.3) is 0 Å². The summed E-state index contributed by atoms with van der Waals surface area (Å²) in [6, 6.07) is 4.62. The lowest BCUT2D eigenvalue weighted by molar-refractivity contribution is -0.152. The first kappa shape index (κ1) is 16.7. The zero-order valence-electron chi connectivity index (χ0n) is 10.9. The van der Waals surface area contributed by atoms with Gasteiger partial charge in [-0.15, -0.1) is 23.2 Å². The number of amides is 1. The number of carbonyl (C=O) groups is 2. The molecule has 1 fully saturated rings. The summed E-state index contributed by atoms with van der Waals surface area (Å²) in [6.07, 6.45) is 0.298. The fraction of sp³-hybridized carbons (Fsp3) is 0.385. The molecule has 0 bridgehead atoms. The van der Waals surface area contributed by atoms with Gasteiger partial charge in [-0.2, -0.15) is 0 Å². The van der Waals surface area contributed by atoms with Crippen LogP contribution in [-0.2, 0) is 14.3 Å². The van der Waals surface area contributed by atoms with E-state index in [1.807, 2.05) is 0 Å². The van der Waals surface area contributed by atoms with Crippen LogP contribution in [0.15, 0.2) is 18.2 Å². The maximum absolute atomic E-state index is 11.8. The Kier molecular flexibility index (Phi) is 4.64. The standard InChI is InChI=1S/C13H11Cl4NO3/c1-12(6-13(12,16)17)11(20)21-5-10(19)18-9-3-2-7(14)4-8(9)15/h2-4H,5-6H2,1H3,(H,18,19)/t12-/m1/s1. The van der Waals surface area contributed by atoms with E-state index in [9.17, 15) is 9.59 Å². The van der Waals surface area contributed by atoms with Crippen molar-refractivity contribution < 1.29 is 14.3 Å². The van der Waals surface area contributed by atoms with Crippen LogP contribution in [0.2, 0.25) is 10.0 Å². The number of anilines is 1. The molecule has 0 spiro atoms. The molecule has 0 radical (unpaired) electrons. The average molecular weight is 371 g/mol. The number of nitrogens with one attached hydrogen (secondary N) is 1. The minimum Gasteiger partial charge on any atom is -0.455 e. The Bertz CT molecular complexity index is 605. The monoisotopic (exact) mass is 369 g/mol. The number of rotatable bonds is 4. The molecule has 0 aliphatic heterocycles. The van der Waals surface area contributed by atoms with Gasteiger partial charge in [0.1, 0.15) is 9.75 Å². The molecule has 1 saturated carbocycles. The predicted octanol–water partition coefficient (Wildman–Crippen LogP) is 4.06. The molecule has 1 amide bonds. The van der Waals surface area contributed by atoms with Gasteiger partial charge >= 0.3 is 5.97 Å². The molecule has 0 heterocycles. The Morgan fingerprint density at radius 3 is 2.48 bits per heavy atom. The molecule has 1 aliphatic carbocycles. The molecule has 1 aliphatic rings. The van der Waals surface area contributed by atoms with Gasteiger partial charge in [-0.05, 0) is 25.1 Å². The molecule has 114 valence electrons. The van der Waals surface area contributed by atoms with Gasteiger partial charge in [-0.3, -0.25) is 9.59 Å². The number of hydrogen-bond acceptors (Lipinski definition) is 3. The number of carbonyl (C=O) groups excluding carboxylic acids is 2. The first-order valence-electron chi connectivity index (χ1n) is 5.96. The second-order valence-corrected chi connectivity index (χ2v) is 7.29. The van der Waals surface area contributed by atoms with Crippen LogP contribution < -0.4 is 5.32 Å². The summed E-state index contributed by atoms with van der Waals surface area (Å²) in [5.41, 5.74) is -0.585. The van der Waals surface area contributed by atoms with Crippen molar-refractivity contribution in [2.24, 2.45) is 5.41 Å². The number of benzene rings is 1. The number of alkyl halides is 2. The summed E-state index contributed by atoms with van der Waals surface area (Å²) in [6.45, 7) is 1.14. The molecule has 0 unspecified atom stereocenters. The molecule has 0 saturated heterocycles. The maximum atomic E-state index is 11.8. The Labute approximate surface area is 141 Å². The van der Waals surface area contributed by atoms with Gasteiger partial charge in [0.05, 0.1) is 10.7 Å². The summed E-state index contributed by atoms with van der Waals surface area (Å²) in [5, 5.41) is 3.25. The first-order valence-corrected chi connectivity index (χ1v) is 7.47. The van der Waals surface area contributed by atoms with E-state index >= 15 is 0 Å². The SMILES string of the molecule is C[C@]1(C(=O)OCC(=O)Nc2ccc(Cl)cc2Cl)CC1(Cl)Cl. The molecule has 1 aromatic rings. The Morgan fingerprint density at radius 2 is 1.95 bits per heavy atom. The number of ether oxygens (including phenoxy) is 1. The lowest BCUT2D eigenvalue weighted by Gasteiger charge is -2.12. The van der Waals surface area contributed by atoms with Gasteiger partial charge in [-0.25, -0.2) is 0 Å². The number of halogens is 4. The van der Waals surface area contributed by atoms with E-state index in [0.29, 0.717) is 17.1 Å². The molecule has 0 aromatic heterocycles. The van der Waals surface area contributed by atoms with Crippen molar-refractivity contribution in [3.05, 3.63) is 28.2 Å². The van der Waals surface area contributed by atoms with E-state index in [4.69, 9.17) is 51.1 Å². The largest absolute Gasteiger partial charge is 0.455 e. The second-order valence-electron chi connectivity index (χ2n) is 4.96. The van der Waals surface area contributed by atoms with Gasteiger partial charge in [0.25, 0.3) is 5.91 Å². The van der Waals surface area contributed by atoms with Crippen LogP contribution in [0.1, 0.15) is 13.3 Å². The van der Waals surface area contributed by atoms with Crippen LogP contribution in [0.4, 0.5) is 5.69 Å². The average Bonchev–Trinajstić information content (AvgIpc) is 2.90. The summed E-state index contributed by atoms with van der Waals surface area (Å²) in [5.74, 6) is -1.13. The van der Waals surface area contributed by atoms with Crippen LogP contribution >= 0.6 is 46.4 Å². The fourth-order valence-electron chi connectivity index (χ4n) is 1.69. The highest BCUT2D eigenvalue weighted by atomic mass is 35.5. The smallest absolute Gasteiger partial charge is 0.315 e. The molecule has 21 heavy (non-hydrogen) atoms. The molecule has 1 aromatic carbocycles.